The number of nitrogens with zero attached hydrogens (tertiary/aromatic N) is 1. The Morgan fingerprint density at radius 3 is 2.39 bits per heavy atom. The minimum absolute atomic E-state index is 0. The van der Waals surface area contributed by atoms with E-state index in [1.54, 1.807) is 6.07 Å². The topological polar surface area (TPSA) is 73.5 Å². The summed E-state index contributed by atoms with van der Waals surface area (Å²) < 4.78 is 0. The van der Waals surface area contributed by atoms with Gasteiger partial charge < -0.3 is 20.9 Å². The van der Waals surface area contributed by atoms with Gasteiger partial charge in [-0.3, -0.25) is 4.79 Å². The molecule has 1 aromatic rings. The van der Waals surface area contributed by atoms with E-state index >= 15 is 0 Å². The van der Waals surface area contributed by atoms with Crippen LogP contribution < -0.4 is 16.0 Å². The molecule has 3 amide bonds. The predicted octanol–water partition coefficient (Wildman–Crippen LogP) is 3.80. The highest BCUT2D eigenvalue weighted by atomic mass is 35.5. The van der Waals surface area contributed by atoms with Crippen molar-refractivity contribution in [1.29, 1.82) is 0 Å². The third-order valence-electron chi connectivity index (χ3n) is 4.93. The molecule has 0 spiro atoms. The number of hydrogen-bond donors (Lipinski definition) is 3. The number of benzene rings is 1. The van der Waals surface area contributed by atoms with Crippen LogP contribution in [-0.4, -0.2) is 49.1 Å². The maximum atomic E-state index is 12.9. The molecule has 0 unspecified atom stereocenters. The zero-order chi connectivity index (χ0) is 20.0. The van der Waals surface area contributed by atoms with Gasteiger partial charge in [-0.25, -0.2) is 4.79 Å². The Kier molecular flexibility index (Phi) is 9.24. The lowest BCUT2D eigenvalue weighted by Gasteiger charge is -2.32. The highest BCUT2D eigenvalue weighted by molar-refractivity contribution is 5.97. The van der Waals surface area contributed by atoms with Gasteiger partial charge in [0.15, 0.2) is 0 Å². The van der Waals surface area contributed by atoms with Crippen molar-refractivity contribution in [3.8, 4) is 0 Å². The standard InChI is InChI=1S/C21H34N4O2.ClH/c1-15-6-7-17(14-18(15)23-20(27)24-21(2,3)4)19(26)25-12-9-16(10-13-25)8-11-22-5;/h6-7,14,16,22H,8-13H2,1-5H3,(H2,23,24,27);1H. The van der Waals surface area contributed by atoms with Gasteiger partial charge in [0.1, 0.15) is 0 Å². The van der Waals surface area contributed by atoms with Crippen molar-refractivity contribution in [2.24, 2.45) is 5.92 Å². The van der Waals surface area contributed by atoms with Gasteiger partial charge >= 0.3 is 6.03 Å². The Morgan fingerprint density at radius 1 is 1.18 bits per heavy atom. The summed E-state index contributed by atoms with van der Waals surface area (Å²) in [4.78, 5) is 27.0. The fourth-order valence-electron chi connectivity index (χ4n) is 3.34. The number of anilines is 1. The van der Waals surface area contributed by atoms with Crippen molar-refractivity contribution in [1.82, 2.24) is 15.5 Å². The summed E-state index contributed by atoms with van der Waals surface area (Å²) in [6, 6.07) is 5.25. The number of amides is 3. The normalized spacial score (nSPS) is 15.0. The predicted molar refractivity (Wildman–Crippen MR) is 118 cm³/mol. The molecular formula is C21H35ClN4O2. The molecule has 0 radical (unpaired) electrons. The molecule has 158 valence electrons. The molecule has 1 heterocycles. The number of aryl methyl sites for hydroxylation is 1. The van der Waals surface area contributed by atoms with E-state index in [1.165, 1.54) is 6.42 Å². The molecule has 2 rings (SSSR count). The maximum absolute atomic E-state index is 12.9. The quantitative estimate of drug-likeness (QED) is 0.691. The molecule has 0 aromatic heterocycles. The van der Waals surface area contributed by atoms with Crippen LogP contribution in [0, 0.1) is 12.8 Å². The first-order valence-corrected chi connectivity index (χ1v) is 9.83. The van der Waals surface area contributed by atoms with Crippen LogP contribution in [0.15, 0.2) is 18.2 Å². The largest absolute Gasteiger partial charge is 0.339 e. The first-order chi connectivity index (χ1) is 12.7. The molecule has 1 aliphatic heterocycles. The summed E-state index contributed by atoms with van der Waals surface area (Å²) in [5.41, 5.74) is 1.91. The van der Waals surface area contributed by atoms with Crippen LogP contribution >= 0.6 is 12.4 Å². The number of nitrogens with one attached hydrogen (secondary N) is 3. The van der Waals surface area contributed by atoms with Crippen molar-refractivity contribution in [2.45, 2.75) is 52.5 Å². The second-order valence-corrected chi connectivity index (χ2v) is 8.49. The number of rotatable bonds is 5. The average Bonchev–Trinajstić information content (AvgIpc) is 2.60. The van der Waals surface area contributed by atoms with Crippen molar-refractivity contribution < 1.29 is 9.59 Å². The molecular weight excluding hydrogens is 376 g/mol. The Labute approximate surface area is 175 Å². The molecule has 3 N–H and O–H groups in total. The number of halogens is 1. The Hall–Kier alpha value is -1.79. The number of piperidine rings is 1. The number of carbonyl (C=O) groups is 2. The monoisotopic (exact) mass is 410 g/mol. The van der Waals surface area contributed by atoms with Crippen molar-refractivity contribution in [3.05, 3.63) is 29.3 Å². The van der Waals surface area contributed by atoms with Crippen LogP contribution in [0.5, 0.6) is 0 Å². The summed E-state index contributed by atoms with van der Waals surface area (Å²) in [6.45, 7) is 10.3. The van der Waals surface area contributed by atoms with Crippen molar-refractivity contribution in [3.63, 3.8) is 0 Å². The van der Waals surface area contributed by atoms with Crippen LogP contribution in [0.3, 0.4) is 0 Å². The zero-order valence-corrected chi connectivity index (χ0v) is 18.5. The molecule has 6 nitrogen and oxygen atoms in total. The van der Waals surface area contributed by atoms with E-state index in [0.717, 1.165) is 38.0 Å². The molecule has 0 bridgehead atoms. The lowest BCUT2D eigenvalue weighted by Crippen LogP contribution is -2.43. The maximum Gasteiger partial charge on any atom is 0.319 e. The van der Waals surface area contributed by atoms with E-state index in [-0.39, 0.29) is 29.9 Å². The first-order valence-electron chi connectivity index (χ1n) is 9.83. The number of likely N-dealkylation sites (tertiary alicyclic amines) is 1. The summed E-state index contributed by atoms with van der Waals surface area (Å²) in [7, 11) is 1.98. The molecule has 0 atom stereocenters. The second-order valence-electron chi connectivity index (χ2n) is 8.49. The fourth-order valence-corrected chi connectivity index (χ4v) is 3.34. The third-order valence-corrected chi connectivity index (χ3v) is 4.93. The minimum Gasteiger partial charge on any atom is -0.339 e. The van der Waals surface area contributed by atoms with Gasteiger partial charge in [0.2, 0.25) is 0 Å². The van der Waals surface area contributed by atoms with E-state index in [4.69, 9.17) is 0 Å². The SMILES string of the molecule is CNCCC1CCN(C(=O)c2ccc(C)c(NC(=O)NC(C)(C)C)c2)CC1.Cl. The Bertz CT molecular complexity index is 665. The van der Waals surface area contributed by atoms with E-state index in [9.17, 15) is 9.59 Å². The molecule has 1 fully saturated rings. The van der Waals surface area contributed by atoms with Gasteiger partial charge in [-0.2, -0.15) is 0 Å². The molecule has 1 aromatic carbocycles. The zero-order valence-electron chi connectivity index (χ0n) is 17.7. The average molecular weight is 411 g/mol. The molecule has 28 heavy (non-hydrogen) atoms. The van der Waals surface area contributed by atoms with Crippen LogP contribution in [-0.2, 0) is 0 Å². The summed E-state index contributed by atoms with van der Waals surface area (Å²) in [5, 5.41) is 8.94. The third kappa shape index (κ3) is 7.32. The Balaban J connectivity index is 0.00000392. The van der Waals surface area contributed by atoms with Gasteiger partial charge in [-0.1, -0.05) is 6.07 Å². The highest BCUT2D eigenvalue weighted by Gasteiger charge is 2.24. The Morgan fingerprint density at radius 2 is 1.82 bits per heavy atom. The van der Waals surface area contributed by atoms with E-state index in [2.05, 4.69) is 16.0 Å². The van der Waals surface area contributed by atoms with E-state index in [1.807, 2.05) is 51.8 Å². The molecule has 1 saturated heterocycles. The number of carbonyl (C=O) groups excluding carboxylic acids is 2. The van der Waals surface area contributed by atoms with Crippen LogP contribution in [0.1, 0.15) is 56.0 Å². The van der Waals surface area contributed by atoms with Crippen molar-refractivity contribution in [2.75, 3.05) is 32.0 Å². The summed E-state index contributed by atoms with van der Waals surface area (Å²) in [6.07, 6.45) is 3.27. The molecule has 0 aliphatic carbocycles. The van der Waals surface area contributed by atoms with Gasteiger partial charge in [-0.15, -0.1) is 12.4 Å². The highest BCUT2D eigenvalue weighted by Crippen LogP contribution is 2.23. The number of hydrogen-bond acceptors (Lipinski definition) is 3. The van der Waals surface area contributed by atoms with E-state index < -0.39 is 0 Å². The van der Waals surface area contributed by atoms with Crippen LogP contribution in [0.25, 0.3) is 0 Å². The second kappa shape index (κ2) is 10.7. The lowest BCUT2D eigenvalue weighted by atomic mass is 9.93. The molecule has 1 aliphatic rings. The van der Waals surface area contributed by atoms with E-state index in [0.29, 0.717) is 17.2 Å². The first kappa shape index (κ1) is 24.2. The van der Waals surface area contributed by atoms with Crippen LogP contribution in [0.2, 0.25) is 0 Å². The molecule has 7 heteroatoms. The van der Waals surface area contributed by atoms with Crippen LogP contribution in [0.4, 0.5) is 10.5 Å². The summed E-state index contributed by atoms with van der Waals surface area (Å²) in [5.74, 6) is 0.735. The lowest BCUT2D eigenvalue weighted by molar-refractivity contribution is 0.0687. The van der Waals surface area contributed by atoms with Gasteiger partial charge in [-0.05, 0) is 84.2 Å². The van der Waals surface area contributed by atoms with Crippen molar-refractivity contribution >= 4 is 30.0 Å². The molecule has 0 saturated carbocycles. The smallest absolute Gasteiger partial charge is 0.319 e. The van der Waals surface area contributed by atoms with Gasteiger partial charge in [0.05, 0.1) is 0 Å². The van der Waals surface area contributed by atoms with Gasteiger partial charge in [0.25, 0.3) is 5.91 Å². The minimum atomic E-state index is -0.316. The fraction of sp³-hybridized carbons (Fsp3) is 0.619. The number of urea groups is 1. The summed E-state index contributed by atoms with van der Waals surface area (Å²) >= 11 is 0. The van der Waals surface area contributed by atoms with Gasteiger partial charge in [0, 0.05) is 29.9 Å².